The lowest BCUT2D eigenvalue weighted by Crippen LogP contribution is -2.31. The van der Waals surface area contributed by atoms with E-state index in [0.717, 1.165) is 46.8 Å². The van der Waals surface area contributed by atoms with Crippen LogP contribution in [0.2, 0.25) is 0 Å². The molecule has 0 saturated heterocycles. The molecule has 0 radical (unpaired) electrons. The van der Waals surface area contributed by atoms with Crippen molar-refractivity contribution in [1.29, 1.82) is 0 Å². The lowest BCUT2D eigenvalue weighted by atomic mass is 10.1. The Kier molecular flexibility index (Phi) is 15.4. The third-order valence-electron chi connectivity index (χ3n) is 6.02. The van der Waals surface area contributed by atoms with Crippen LogP contribution in [-0.4, -0.2) is 41.2 Å². The highest BCUT2D eigenvalue weighted by Gasteiger charge is 2.15. The molecule has 0 heterocycles. The summed E-state index contributed by atoms with van der Waals surface area (Å²) < 4.78 is 14.8. The smallest absolute Gasteiger partial charge is 0.123 e. The summed E-state index contributed by atoms with van der Waals surface area (Å²) >= 11 is 1.51. The highest BCUT2D eigenvalue weighted by atomic mass is 32.2. The Hall–Kier alpha value is -2.08. The van der Waals surface area contributed by atoms with E-state index in [1.54, 1.807) is 0 Å². The predicted octanol–water partition coefficient (Wildman–Crippen LogP) is 6.58. The topological polar surface area (TPSA) is 71.0 Å². The summed E-state index contributed by atoms with van der Waals surface area (Å²) in [5, 5.41) is 19.2. The second-order valence-electron chi connectivity index (χ2n) is 9.13. The number of aryl methyl sites for hydroxylation is 1. The maximum absolute atomic E-state index is 10.6. The summed E-state index contributed by atoms with van der Waals surface area (Å²) in [7, 11) is 2.77. The molecule has 3 N–H and O–H groups in total. The average Bonchev–Trinajstić information content (AvgIpc) is 2.94. The fourth-order valence-electron chi connectivity index (χ4n) is 3.48. The van der Waals surface area contributed by atoms with E-state index >= 15 is 0 Å². The zero-order valence-electron chi connectivity index (χ0n) is 23.1. The number of rotatable bonds is 14. The first-order chi connectivity index (χ1) is 18.4. The molecule has 7 heteroatoms. The van der Waals surface area contributed by atoms with Gasteiger partial charge in [-0.15, -0.1) is 9.24 Å². The van der Waals surface area contributed by atoms with Crippen molar-refractivity contribution in [2.45, 2.75) is 76.3 Å². The zero-order valence-corrected chi connectivity index (χ0v) is 25.1. The first kappa shape index (κ1) is 32.1. The van der Waals surface area contributed by atoms with Crippen molar-refractivity contribution in [2.75, 3.05) is 13.2 Å². The molecule has 0 fully saturated rings. The van der Waals surface area contributed by atoms with Crippen LogP contribution in [0.4, 0.5) is 0 Å². The number of benzene rings is 3. The van der Waals surface area contributed by atoms with Gasteiger partial charge < -0.3 is 19.7 Å². The van der Waals surface area contributed by atoms with E-state index in [1.807, 2.05) is 64.1 Å². The van der Waals surface area contributed by atoms with Crippen LogP contribution in [0, 0.1) is 6.92 Å². The SMILES string of the molecule is CCC(O)CC.CCOc1cc(SNCC(O)C(P)Cc2ccc(OCc3ccccc3)cc2)ccc1C. The van der Waals surface area contributed by atoms with Gasteiger partial charge in [0.05, 0.1) is 18.8 Å². The number of hydrogen-bond donors (Lipinski definition) is 3. The van der Waals surface area contributed by atoms with Crippen molar-refractivity contribution in [3.63, 3.8) is 0 Å². The quantitative estimate of drug-likeness (QED) is 0.154. The number of nitrogens with one attached hydrogen (secondary N) is 1. The highest BCUT2D eigenvalue weighted by molar-refractivity contribution is 7.97. The normalized spacial score (nSPS) is 12.4. The third-order valence-corrected chi connectivity index (χ3v) is 7.50. The van der Waals surface area contributed by atoms with Crippen LogP contribution in [0.1, 0.15) is 50.3 Å². The fourth-order valence-corrected chi connectivity index (χ4v) is 4.61. The summed E-state index contributed by atoms with van der Waals surface area (Å²) in [5.41, 5.74) is 3.49. The molecule has 3 atom stereocenters. The van der Waals surface area contributed by atoms with E-state index in [0.29, 0.717) is 19.8 Å². The number of ether oxygens (including phenoxy) is 2. The van der Waals surface area contributed by atoms with Gasteiger partial charge in [0, 0.05) is 17.1 Å². The maximum Gasteiger partial charge on any atom is 0.123 e. The molecule has 3 unspecified atom stereocenters. The Morgan fingerprint density at radius 3 is 2.16 bits per heavy atom. The maximum atomic E-state index is 10.6. The molecule has 0 aliphatic rings. The molecule has 0 bridgehead atoms. The molecular formula is C31H44NO4PS. The Morgan fingerprint density at radius 2 is 1.55 bits per heavy atom. The number of hydrogen-bond acceptors (Lipinski definition) is 6. The molecule has 0 aliphatic carbocycles. The van der Waals surface area contributed by atoms with Crippen LogP contribution in [-0.2, 0) is 13.0 Å². The highest BCUT2D eigenvalue weighted by Crippen LogP contribution is 2.25. The molecule has 3 rings (SSSR count). The Bertz CT molecular complexity index is 1030. The fraction of sp³-hybridized carbons (Fsp3) is 0.419. The van der Waals surface area contributed by atoms with Crippen LogP contribution < -0.4 is 14.2 Å². The van der Waals surface area contributed by atoms with Gasteiger partial charge >= 0.3 is 0 Å². The van der Waals surface area contributed by atoms with Crippen molar-refractivity contribution < 1.29 is 19.7 Å². The molecule has 0 aromatic heterocycles. The lowest BCUT2D eigenvalue weighted by molar-refractivity contribution is 0.166. The van der Waals surface area contributed by atoms with Crippen molar-refractivity contribution in [1.82, 2.24) is 4.72 Å². The van der Waals surface area contributed by atoms with Crippen molar-refractivity contribution >= 4 is 21.2 Å². The lowest BCUT2D eigenvalue weighted by Gasteiger charge is -2.19. The zero-order chi connectivity index (χ0) is 27.8. The van der Waals surface area contributed by atoms with Gasteiger partial charge in [0.15, 0.2) is 0 Å². The van der Waals surface area contributed by atoms with Gasteiger partial charge in [-0.3, -0.25) is 4.72 Å². The molecular weight excluding hydrogens is 513 g/mol. The van der Waals surface area contributed by atoms with E-state index in [2.05, 4.69) is 50.4 Å². The molecule has 0 aliphatic heterocycles. The number of aliphatic hydroxyl groups excluding tert-OH is 2. The predicted molar refractivity (Wildman–Crippen MR) is 163 cm³/mol. The van der Waals surface area contributed by atoms with Gasteiger partial charge in [0.25, 0.3) is 0 Å². The molecule has 0 saturated carbocycles. The van der Waals surface area contributed by atoms with Gasteiger partial charge in [-0.25, -0.2) is 0 Å². The summed E-state index contributed by atoms with van der Waals surface area (Å²) in [5.74, 6) is 1.75. The van der Waals surface area contributed by atoms with Crippen molar-refractivity contribution in [3.05, 3.63) is 89.5 Å². The summed E-state index contributed by atoms with van der Waals surface area (Å²) in [6.45, 7) is 9.69. The summed E-state index contributed by atoms with van der Waals surface area (Å²) in [6.07, 6.45) is 2.01. The Balaban J connectivity index is 0.000000757. The van der Waals surface area contributed by atoms with E-state index in [1.165, 1.54) is 17.5 Å². The standard InChI is InChI=1S/C26H32NO3PS.C5H12O/c1-3-29-25-16-23(14-9-19(25)2)32-27-17-24(28)26(31)15-20-10-12-22(13-11-20)30-18-21-7-5-4-6-8-21;1-3-5(6)4-2/h4-14,16,24,26-28H,3,15,17-18,31H2,1-2H3;5-6H,3-4H2,1-2H3. The van der Waals surface area contributed by atoms with E-state index in [4.69, 9.17) is 14.6 Å². The molecule has 0 spiro atoms. The van der Waals surface area contributed by atoms with Crippen LogP contribution in [0.25, 0.3) is 0 Å². The molecule has 3 aromatic rings. The van der Waals surface area contributed by atoms with E-state index in [9.17, 15) is 5.11 Å². The van der Waals surface area contributed by atoms with Crippen molar-refractivity contribution in [3.8, 4) is 11.5 Å². The van der Waals surface area contributed by atoms with Crippen molar-refractivity contribution in [2.24, 2.45) is 0 Å². The van der Waals surface area contributed by atoms with Gasteiger partial charge in [-0.1, -0.05) is 62.4 Å². The Labute approximate surface area is 235 Å². The largest absolute Gasteiger partial charge is 0.494 e. The Morgan fingerprint density at radius 1 is 0.868 bits per heavy atom. The van der Waals surface area contributed by atoms with Crippen LogP contribution >= 0.6 is 21.2 Å². The summed E-state index contributed by atoms with van der Waals surface area (Å²) in [4.78, 5) is 1.07. The third kappa shape index (κ3) is 12.2. The second kappa shape index (κ2) is 18.3. The molecule has 0 amide bonds. The monoisotopic (exact) mass is 557 g/mol. The summed E-state index contributed by atoms with van der Waals surface area (Å²) in [6, 6.07) is 24.4. The molecule has 208 valence electrons. The molecule has 5 nitrogen and oxygen atoms in total. The van der Waals surface area contributed by atoms with Crippen LogP contribution in [0.5, 0.6) is 11.5 Å². The number of aliphatic hydroxyl groups is 2. The minimum absolute atomic E-state index is 0.0520. The van der Waals surface area contributed by atoms with E-state index in [-0.39, 0.29) is 11.8 Å². The van der Waals surface area contributed by atoms with Gasteiger partial charge in [0.1, 0.15) is 18.1 Å². The van der Waals surface area contributed by atoms with Crippen LogP contribution in [0.15, 0.2) is 77.7 Å². The first-order valence-electron chi connectivity index (χ1n) is 13.4. The minimum Gasteiger partial charge on any atom is -0.494 e. The first-order valence-corrected chi connectivity index (χ1v) is 14.8. The van der Waals surface area contributed by atoms with E-state index < -0.39 is 6.10 Å². The molecule has 38 heavy (non-hydrogen) atoms. The van der Waals surface area contributed by atoms with Gasteiger partial charge in [-0.2, -0.15) is 0 Å². The average molecular weight is 558 g/mol. The second-order valence-corrected chi connectivity index (χ2v) is 11.0. The van der Waals surface area contributed by atoms with Crippen LogP contribution in [0.3, 0.4) is 0 Å². The van der Waals surface area contributed by atoms with Gasteiger partial charge in [0.2, 0.25) is 0 Å². The minimum atomic E-state index is -0.474. The van der Waals surface area contributed by atoms with Gasteiger partial charge in [-0.05, 0) is 86.0 Å². The molecule has 3 aromatic carbocycles.